The van der Waals surface area contributed by atoms with Gasteiger partial charge in [-0.05, 0) is 43.2 Å². The third-order valence-corrected chi connectivity index (χ3v) is 4.77. The molecule has 0 unspecified atom stereocenters. The zero-order valence-corrected chi connectivity index (χ0v) is 10.9. The number of benzene rings is 1. The highest BCUT2D eigenvalue weighted by atomic mass is 32.1. The fourth-order valence-electron chi connectivity index (χ4n) is 2.13. The Morgan fingerprint density at radius 3 is 2.68 bits per heavy atom. The molecule has 0 N–H and O–H groups in total. The van der Waals surface area contributed by atoms with Crippen LogP contribution in [0.2, 0.25) is 0 Å². The molecular formula is C16H10FNS. The summed E-state index contributed by atoms with van der Waals surface area (Å²) in [4.78, 5) is 2.07. The lowest BCUT2D eigenvalue weighted by Gasteiger charge is -2.03. The predicted molar refractivity (Wildman–Crippen MR) is 74.2 cm³/mol. The van der Waals surface area contributed by atoms with Crippen molar-refractivity contribution in [3.63, 3.8) is 0 Å². The fourth-order valence-corrected chi connectivity index (χ4v) is 3.37. The fraction of sp³-hybridized carbons (Fsp3) is 0.188. The van der Waals surface area contributed by atoms with Crippen LogP contribution in [0.15, 0.2) is 30.3 Å². The van der Waals surface area contributed by atoms with Gasteiger partial charge in [0.05, 0.1) is 11.5 Å². The van der Waals surface area contributed by atoms with Gasteiger partial charge in [-0.25, -0.2) is 4.39 Å². The van der Waals surface area contributed by atoms with Crippen LogP contribution in [0, 0.1) is 29.5 Å². The summed E-state index contributed by atoms with van der Waals surface area (Å²) in [6.45, 7) is 0. The van der Waals surface area contributed by atoms with Gasteiger partial charge in [-0.15, -0.1) is 17.8 Å². The number of terminal acetylenes is 1. The Kier molecular flexibility index (Phi) is 2.66. The molecule has 3 rings (SSSR count). The maximum Gasteiger partial charge on any atom is 0.124 e. The van der Waals surface area contributed by atoms with Crippen molar-refractivity contribution in [1.82, 2.24) is 0 Å². The monoisotopic (exact) mass is 267 g/mol. The molecule has 1 aliphatic carbocycles. The lowest BCUT2D eigenvalue weighted by Crippen LogP contribution is -1.97. The van der Waals surface area contributed by atoms with Gasteiger partial charge in [-0.3, -0.25) is 0 Å². The maximum absolute atomic E-state index is 13.2. The summed E-state index contributed by atoms with van der Waals surface area (Å²) in [6.07, 6.45) is 7.27. The largest absolute Gasteiger partial charge is 0.207 e. The van der Waals surface area contributed by atoms with E-state index in [-0.39, 0.29) is 11.2 Å². The van der Waals surface area contributed by atoms with Crippen LogP contribution in [-0.2, 0) is 5.41 Å². The third kappa shape index (κ3) is 1.93. The summed E-state index contributed by atoms with van der Waals surface area (Å²) >= 11 is 1.57. The Balaban J connectivity index is 2.05. The van der Waals surface area contributed by atoms with Crippen molar-refractivity contribution in [3.05, 3.63) is 46.6 Å². The molecule has 0 bridgehead atoms. The number of hydrogen-bond donors (Lipinski definition) is 0. The molecule has 1 heterocycles. The molecule has 0 saturated heterocycles. The van der Waals surface area contributed by atoms with E-state index in [1.807, 2.05) is 12.1 Å². The Morgan fingerprint density at radius 2 is 2.05 bits per heavy atom. The highest BCUT2D eigenvalue weighted by Gasteiger charge is 2.46. The van der Waals surface area contributed by atoms with Crippen molar-refractivity contribution in [1.29, 1.82) is 5.26 Å². The summed E-state index contributed by atoms with van der Waals surface area (Å²) in [5.41, 5.74) is 1.13. The zero-order valence-electron chi connectivity index (χ0n) is 10.1. The molecule has 92 valence electrons. The van der Waals surface area contributed by atoms with Crippen molar-refractivity contribution in [2.45, 2.75) is 18.3 Å². The van der Waals surface area contributed by atoms with E-state index in [2.05, 4.69) is 12.0 Å². The first-order chi connectivity index (χ1) is 9.18. The summed E-state index contributed by atoms with van der Waals surface area (Å²) in [5, 5.41) is 9.20. The average molecular weight is 267 g/mol. The first-order valence-corrected chi connectivity index (χ1v) is 6.78. The van der Waals surface area contributed by atoms with Crippen molar-refractivity contribution in [2.24, 2.45) is 0 Å². The van der Waals surface area contributed by atoms with Crippen molar-refractivity contribution in [2.75, 3.05) is 0 Å². The summed E-state index contributed by atoms with van der Waals surface area (Å²) in [6, 6.07) is 10.8. The Labute approximate surface area is 115 Å². The SMILES string of the molecule is C#Cc1cc(F)ccc1-c1ccc(C2(C#N)CC2)s1. The molecule has 1 fully saturated rings. The Bertz CT molecular complexity index is 726. The van der Waals surface area contributed by atoms with Crippen LogP contribution < -0.4 is 0 Å². The van der Waals surface area contributed by atoms with E-state index in [1.54, 1.807) is 17.4 Å². The van der Waals surface area contributed by atoms with E-state index < -0.39 is 0 Å². The van der Waals surface area contributed by atoms with Gasteiger partial charge in [0.15, 0.2) is 0 Å². The number of nitrogens with zero attached hydrogens (tertiary/aromatic N) is 1. The molecule has 0 radical (unpaired) electrons. The molecule has 0 amide bonds. The summed E-state index contributed by atoms with van der Waals surface area (Å²) in [7, 11) is 0. The first kappa shape index (κ1) is 12.0. The van der Waals surface area contributed by atoms with Crippen LogP contribution in [0.4, 0.5) is 4.39 Å². The van der Waals surface area contributed by atoms with Gasteiger partial charge in [0.2, 0.25) is 0 Å². The zero-order chi connectivity index (χ0) is 13.5. The highest BCUT2D eigenvalue weighted by Crippen LogP contribution is 2.51. The van der Waals surface area contributed by atoms with Crippen LogP contribution in [0.25, 0.3) is 10.4 Å². The van der Waals surface area contributed by atoms with Crippen LogP contribution in [0.3, 0.4) is 0 Å². The summed E-state index contributed by atoms with van der Waals surface area (Å²) < 4.78 is 13.2. The predicted octanol–water partition coefficient (Wildman–Crippen LogP) is 4.09. The molecule has 3 heteroatoms. The lowest BCUT2D eigenvalue weighted by atomic mass is 10.1. The number of hydrogen-bond acceptors (Lipinski definition) is 2. The van der Waals surface area contributed by atoms with Gasteiger partial charge in [0.1, 0.15) is 5.82 Å². The number of halogens is 1. The standard InChI is InChI=1S/C16H10FNS/c1-2-11-9-12(17)3-4-13(11)14-5-6-15(19-14)16(10-18)7-8-16/h1,3-6,9H,7-8H2. The van der Waals surface area contributed by atoms with E-state index >= 15 is 0 Å². The molecule has 1 saturated carbocycles. The second-order valence-electron chi connectivity index (χ2n) is 4.69. The topological polar surface area (TPSA) is 23.8 Å². The maximum atomic E-state index is 13.2. The van der Waals surface area contributed by atoms with Crippen molar-refractivity contribution in [3.8, 4) is 28.9 Å². The van der Waals surface area contributed by atoms with Crippen LogP contribution in [0.1, 0.15) is 23.3 Å². The average Bonchev–Trinajstić information content (AvgIpc) is 3.08. The quantitative estimate of drug-likeness (QED) is 0.752. The van der Waals surface area contributed by atoms with Crippen LogP contribution in [0.5, 0.6) is 0 Å². The summed E-state index contributed by atoms with van der Waals surface area (Å²) in [5.74, 6) is 2.18. The molecular weight excluding hydrogens is 257 g/mol. The molecule has 1 aromatic heterocycles. The van der Waals surface area contributed by atoms with Crippen LogP contribution >= 0.6 is 11.3 Å². The van der Waals surface area contributed by atoms with Crippen LogP contribution in [-0.4, -0.2) is 0 Å². The van der Waals surface area contributed by atoms with Gasteiger partial charge < -0.3 is 0 Å². The smallest absolute Gasteiger partial charge is 0.124 e. The molecule has 2 aromatic rings. The minimum atomic E-state index is -0.329. The van der Waals surface area contributed by atoms with E-state index in [9.17, 15) is 9.65 Å². The molecule has 0 spiro atoms. The lowest BCUT2D eigenvalue weighted by molar-refractivity contribution is 0.627. The molecule has 19 heavy (non-hydrogen) atoms. The van der Waals surface area contributed by atoms with Crippen molar-refractivity contribution < 1.29 is 4.39 Å². The normalized spacial score (nSPS) is 15.5. The highest BCUT2D eigenvalue weighted by molar-refractivity contribution is 7.15. The Morgan fingerprint density at radius 1 is 1.26 bits per heavy atom. The first-order valence-electron chi connectivity index (χ1n) is 5.97. The second-order valence-corrected chi connectivity index (χ2v) is 5.78. The van der Waals surface area contributed by atoms with Gasteiger partial charge in [0.25, 0.3) is 0 Å². The van der Waals surface area contributed by atoms with E-state index in [4.69, 9.17) is 6.42 Å². The molecule has 1 aliphatic rings. The number of rotatable bonds is 2. The van der Waals surface area contributed by atoms with Gasteiger partial charge in [-0.2, -0.15) is 5.26 Å². The minimum absolute atomic E-state index is 0.279. The minimum Gasteiger partial charge on any atom is -0.207 e. The molecule has 1 nitrogen and oxygen atoms in total. The van der Waals surface area contributed by atoms with Crippen molar-refractivity contribution >= 4 is 11.3 Å². The van der Waals surface area contributed by atoms with E-state index in [1.165, 1.54) is 12.1 Å². The third-order valence-electron chi connectivity index (χ3n) is 3.44. The number of thiophene rings is 1. The number of nitriles is 1. The molecule has 0 aliphatic heterocycles. The second kappa shape index (κ2) is 4.23. The molecule has 0 atom stereocenters. The van der Waals surface area contributed by atoms with Gasteiger partial charge in [-0.1, -0.05) is 5.92 Å². The van der Waals surface area contributed by atoms with E-state index in [0.717, 1.165) is 28.2 Å². The van der Waals surface area contributed by atoms with E-state index in [0.29, 0.717) is 5.56 Å². The molecule has 1 aromatic carbocycles. The van der Waals surface area contributed by atoms with Gasteiger partial charge >= 0.3 is 0 Å². The Hall–Kier alpha value is -2.10. The van der Waals surface area contributed by atoms with Gasteiger partial charge in [0, 0.05) is 20.9 Å².